The Kier molecular flexibility index (Phi) is 3.71. The molecule has 0 N–H and O–H groups in total. The van der Waals surface area contributed by atoms with Gasteiger partial charge < -0.3 is 9.30 Å². The third-order valence-corrected chi connectivity index (χ3v) is 4.89. The molecule has 3 heterocycles. The van der Waals surface area contributed by atoms with E-state index in [1.807, 2.05) is 12.4 Å². The zero-order valence-corrected chi connectivity index (χ0v) is 13.7. The van der Waals surface area contributed by atoms with Gasteiger partial charge in [-0.05, 0) is 30.0 Å². The minimum Gasteiger partial charge on any atom is -0.470 e. The van der Waals surface area contributed by atoms with Crippen LogP contribution < -0.4 is 4.74 Å². The molecule has 4 aromatic rings. The van der Waals surface area contributed by atoms with Gasteiger partial charge in [0.25, 0.3) is 0 Å². The Balaban J connectivity index is 1.60. The van der Waals surface area contributed by atoms with Gasteiger partial charge >= 0.3 is 0 Å². The molecule has 0 saturated carbocycles. The van der Waals surface area contributed by atoms with Crippen LogP contribution in [0.25, 0.3) is 21.1 Å². The number of nitrogens with zero attached hydrogens (tertiary/aromatic N) is 3. The number of hydrogen-bond acceptors (Lipinski definition) is 4. The molecule has 0 saturated heterocycles. The fourth-order valence-electron chi connectivity index (χ4n) is 2.74. The van der Waals surface area contributed by atoms with Gasteiger partial charge in [-0.2, -0.15) is 0 Å². The van der Waals surface area contributed by atoms with Crippen LogP contribution in [0.4, 0.5) is 0 Å². The molecule has 4 rings (SSSR count). The quantitative estimate of drug-likeness (QED) is 0.537. The molecule has 0 radical (unpaired) electrons. The summed E-state index contributed by atoms with van der Waals surface area (Å²) in [5.74, 6) is 0.606. The van der Waals surface area contributed by atoms with Gasteiger partial charge in [-0.1, -0.05) is 25.1 Å². The number of imidazole rings is 1. The van der Waals surface area contributed by atoms with E-state index < -0.39 is 0 Å². The molecule has 0 amide bonds. The lowest BCUT2D eigenvalue weighted by Gasteiger charge is -2.05. The van der Waals surface area contributed by atoms with Crippen molar-refractivity contribution in [2.75, 3.05) is 0 Å². The Morgan fingerprint density at radius 2 is 2.09 bits per heavy atom. The first kappa shape index (κ1) is 14.2. The largest absolute Gasteiger partial charge is 0.470 e. The van der Waals surface area contributed by atoms with Crippen LogP contribution in [0.3, 0.4) is 0 Å². The molecule has 0 unspecified atom stereocenters. The maximum absolute atomic E-state index is 5.95. The van der Waals surface area contributed by atoms with Crippen LogP contribution >= 0.6 is 11.3 Å². The summed E-state index contributed by atoms with van der Waals surface area (Å²) >= 11 is 1.76. The highest BCUT2D eigenvalue weighted by Crippen LogP contribution is 2.27. The smallest absolute Gasteiger partial charge is 0.242 e. The van der Waals surface area contributed by atoms with E-state index in [9.17, 15) is 0 Å². The highest BCUT2D eigenvalue weighted by atomic mass is 32.1. The molecule has 4 nitrogen and oxygen atoms in total. The maximum Gasteiger partial charge on any atom is 0.242 e. The number of aromatic nitrogens is 3. The molecule has 0 aliphatic rings. The average molecular weight is 323 g/mol. The summed E-state index contributed by atoms with van der Waals surface area (Å²) in [4.78, 5) is 10.0. The first-order valence-electron chi connectivity index (χ1n) is 7.75. The minimum atomic E-state index is 0.520. The van der Waals surface area contributed by atoms with Crippen molar-refractivity contribution < 1.29 is 4.74 Å². The lowest BCUT2D eigenvalue weighted by atomic mass is 10.2. The number of thiophene rings is 1. The predicted octanol–water partition coefficient (Wildman–Crippen LogP) is 4.64. The van der Waals surface area contributed by atoms with Crippen molar-refractivity contribution >= 4 is 32.5 Å². The summed E-state index contributed by atoms with van der Waals surface area (Å²) in [6, 6.07) is 12.5. The Hall–Kier alpha value is -2.40. The van der Waals surface area contributed by atoms with Gasteiger partial charge in [0.1, 0.15) is 6.61 Å². The molecule has 5 heteroatoms. The van der Waals surface area contributed by atoms with E-state index in [1.54, 1.807) is 17.5 Å². The number of benzene rings is 1. The average Bonchev–Trinajstić information content (AvgIpc) is 3.17. The SMILES string of the molecule is CCCn1cnc2c(OCc3cc4ccccc4s3)nccc21. The Morgan fingerprint density at radius 1 is 1.17 bits per heavy atom. The number of pyridine rings is 1. The summed E-state index contributed by atoms with van der Waals surface area (Å²) in [5, 5.41) is 1.26. The van der Waals surface area contributed by atoms with Gasteiger partial charge in [-0.3, -0.25) is 0 Å². The van der Waals surface area contributed by atoms with E-state index in [2.05, 4.69) is 51.8 Å². The van der Waals surface area contributed by atoms with Gasteiger partial charge in [-0.15, -0.1) is 11.3 Å². The van der Waals surface area contributed by atoms with Crippen LogP contribution in [0.2, 0.25) is 0 Å². The molecule has 0 aliphatic carbocycles. The van der Waals surface area contributed by atoms with Crippen molar-refractivity contribution in [3.8, 4) is 5.88 Å². The third-order valence-electron chi connectivity index (χ3n) is 3.80. The van der Waals surface area contributed by atoms with Gasteiger partial charge in [0.2, 0.25) is 5.88 Å². The lowest BCUT2D eigenvalue weighted by molar-refractivity contribution is 0.301. The van der Waals surface area contributed by atoms with Gasteiger partial charge in [0, 0.05) is 22.3 Å². The maximum atomic E-state index is 5.95. The van der Waals surface area contributed by atoms with Crippen LogP contribution in [-0.4, -0.2) is 14.5 Å². The fourth-order valence-corrected chi connectivity index (χ4v) is 3.72. The van der Waals surface area contributed by atoms with Crippen LogP contribution in [0.15, 0.2) is 48.9 Å². The number of fused-ring (bicyclic) bond motifs is 2. The third kappa shape index (κ3) is 2.68. The zero-order valence-electron chi connectivity index (χ0n) is 12.9. The first-order chi connectivity index (χ1) is 11.3. The van der Waals surface area contributed by atoms with E-state index >= 15 is 0 Å². The molecule has 116 valence electrons. The van der Waals surface area contributed by atoms with Crippen molar-refractivity contribution in [3.05, 3.63) is 53.8 Å². The van der Waals surface area contributed by atoms with Crippen molar-refractivity contribution in [1.82, 2.24) is 14.5 Å². The summed E-state index contributed by atoms with van der Waals surface area (Å²) in [7, 11) is 0. The van der Waals surface area contributed by atoms with Crippen molar-refractivity contribution in [2.45, 2.75) is 26.5 Å². The minimum absolute atomic E-state index is 0.520. The van der Waals surface area contributed by atoms with Crippen LogP contribution in [0.5, 0.6) is 5.88 Å². The lowest BCUT2D eigenvalue weighted by Crippen LogP contribution is -1.97. The molecule has 3 aromatic heterocycles. The van der Waals surface area contributed by atoms with E-state index in [0.717, 1.165) is 24.0 Å². The molecule has 23 heavy (non-hydrogen) atoms. The summed E-state index contributed by atoms with van der Waals surface area (Å²) in [6.07, 6.45) is 4.73. The van der Waals surface area contributed by atoms with Gasteiger partial charge in [0.15, 0.2) is 5.52 Å². The second kappa shape index (κ2) is 6.01. The summed E-state index contributed by atoms with van der Waals surface area (Å²) in [5.41, 5.74) is 1.91. The number of ether oxygens (including phenoxy) is 1. The monoisotopic (exact) mass is 323 g/mol. The molecule has 0 spiro atoms. The van der Waals surface area contributed by atoms with Crippen molar-refractivity contribution in [2.24, 2.45) is 0 Å². The zero-order chi connectivity index (χ0) is 15.6. The van der Waals surface area contributed by atoms with Crippen molar-refractivity contribution in [1.29, 1.82) is 0 Å². The molecule has 0 bridgehead atoms. The van der Waals surface area contributed by atoms with Gasteiger partial charge in [0.05, 0.1) is 11.8 Å². The Bertz CT molecular complexity index is 924. The normalized spacial score (nSPS) is 11.3. The topological polar surface area (TPSA) is 39.9 Å². The highest BCUT2D eigenvalue weighted by Gasteiger charge is 2.10. The van der Waals surface area contributed by atoms with Crippen LogP contribution in [0, 0.1) is 0 Å². The van der Waals surface area contributed by atoms with Gasteiger partial charge in [-0.25, -0.2) is 9.97 Å². The van der Waals surface area contributed by atoms with Crippen molar-refractivity contribution in [3.63, 3.8) is 0 Å². The van der Waals surface area contributed by atoms with E-state index in [1.165, 1.54) is 15.0 Å². The summed E-state index contributed by atoms with van der Waals surface area (Å²) in [6.45, 7) is 3.63. The van der Waals surface area contributed by atoms with E-state index in [4.69, 9.17) is 4.74 Å². The highest BCUT2D eigenvalue weighted by molar-refractivity contribution is 7.19. The molecular weight excluding hydrogens is 306 g/mol. The number of aryl methyl sites for hydroxylation is 1. The number of rotatable bonds is 5. The molecule has 1 aromatic carbocycles. The predicted molar refractivity (Wildman–Crippen MR) is 94.0 cm³/mol. The van der Waals surface area contributed by atoms with E-state index in [0.29, 0.717) is 12.5 Å². The standard InChI is InChI=1S/C18H17N3OS/c1-2-9-21-12-20-17-15(21)7-8-19-18(17)22-11-14-10-13-5-3-4-6-16(13)23-14/h3-8,10,12H,2,9,11H2,1H3. The fraction of sp³-hybridized carbons (Fsp3) is 0.222. The Morgan fingerprint density at radius 3 is 2.96 bits per heavy atom. The van der Waals surface area contributed by atoms with E-state index in [-0.39, 0.29) is 0 Å². The van der Waals surface area contributed by atoms with Crippen LogP contribution in [0.1, 0.15) is 18.2 Å². The molecule has 0 atom stereocenters. The molecule has 0 aliphatic heterocycles. The summed E-state index contributed by atoms with van der Waals surface area (Å²) < 4.78 is 9.37. The molecular formula is C18H17N3OS. The first-order valence-corrected chi connectivity index (χ1v) is 8.57. The van der Waals surface area contributed by atoms with Crippen LogP contribution in [-0.2, 0) is 13.2 Å². The molecule has 0 fully saturated rings. The second-order valence-electron chi connectivity index (χ2n) is 5.46. The number of hydrogen-bond donors (Lipinski definition) is 0. The Labute approximate surface area is 138 Å². The second-order valence-corrected chi connectivity index (χ2v) is 6.63.